The molecule has 0 amide bonds. The summed E-state index contributed by atoms with van der Waals surface area (Å²) >= 11 is 0. The van der Waals surface area contributed by atoms with Crippen LogP contribution in [0.2, 0.25) is 0 Å². The maximum Gasteiger partial charge on any atom is 0.165 e. The maximum absolute atomic E-state index is 5.45. The Labute approximate surface area is 373 Å². The van der Waals surface area contributed by atoms with Crippen molar-refractivity contribution in [1.29, 1.82) is 0 Å². The van der Waals surface area contributed by atoms with E-state index in [-0.39, 0.29) is 0 Å². The quantitative estimate of drug-likeness (QED) is 0.173. The van der Waals surface area contributed by atoms with E-state index < -0.39 is 0 Å². The molecule has 10 aromatic carbocycles. The summed E-state index contributed by atoms with van der Waals surface area (Å²) in [7, 11) is 0. The van der Waals surface area contributed by atoms with Gasteiger partial charge in [0, 0.05) is 49.3 Å². The molecule has 302 valence electrons. The van der Waals surface area contributed by atoms with Gasteiger partial charge in [-0.2, -0.15) is 0 Å². The predicted octanol–water partition coefficient (Wildman–Crippen LogP) is 15.4. The molecule has 14 rings (SSSR count). The Morgan fingerprint density at radius 2 is 0.800 bits per heavy atom. The number of fused-ring (bicyclic) bond motifs is 12. The van der Waals surface area contributed by atoms with Gasteiger partial charge in [-0.25, -0.2) is 9.97 Å². The summed E-state index contributed by atoms with van der Waals surface area (Å²) in [4.78, 5) is 10.8. The van der Waals surface area contributed by atoms with Crippen LogP contribution in [0.15, 0.2) is 224 Å². The van der Waals surface area contributed by atoms with Crippen molar-refractivity contribution in [3.63, 3.8) is 0 Å². The Hall–Kier alpha value is -8.80. The first-order valence-electron chi connectivity index (χ1n) is 22.2. The first-order chi connectivity index (χ1) is 32.3. The molecule has 4 aromatic heterocycles. The van der Waals surface area contributed by atoms with Crippen LogP contribution in [-0.4, -0.2) is 23.7 Å². The summed E-state index contributed by atoms with van der Waals surface area (Å²) in [5.41, 5.74) is 15.1. The van der Waals surface area contributed by atoms with Crippen molar-refractivity contribution < 1.29 is 0 Å². The molecule has 0 radical (unpaired) electrons. The van der Waals surface area contributed by atoms with Gasteiger partial charge in [0.2, 0.25) is 0 Å². The number of benzene rings is 10. The second kappa shape index (κ2) is 13.9. The number of rotatable bonds is 5. The van der Waals surface area contributed by atoms with Crippen LogP contribution in [0.25, 0.3) is 127 Å². The molecule has 0 unspecified atom stereocenters. The molecule has 65 heavy (non-hydrogen) atoms. The Kier molecular flexibility index (Phi) is 7.62. The number of nitrogens with zero attached hydrogens (tertiary/aromatic N) is 5. The first-order valence-corrected chi connectivity index (χ1v) is 22.2. The zero-order valence-electron chi connectivity index (χ0n) is 35.1. The molecule has 4 heterocycles. The van der Waals surface area contributed by atoms with Gasteiger partial charge in [0.1, 0.15) is 5.69 Å². The van der Waals surface area contributed by atoms with Gasteiger partial charge in [-0.15, -0.1) is 0 Å². The average Bonchev–Trinajstić information content (AvgIpc) is 4.01. The van der Waals surface area contributed by atoms with Gasteiger partial charge in [-0.05, 0) is 94.7 Å². The lowest BCUT2D eigenvalue weighted by molar-refractivity contribution is 1.08. The standard InChI is InChI=1S/C60H37N5/c1-2-16-38(17-3-1)40-20-14-21-41(36-40)63-52-30-12-7-24-46(52)57-55(63)34-35-56-58(57)47-25-8-13-31-53(47)64(56)42-32-33-54-48(37-42)44-23-6-11-29-51(44)65(54)60-59(61-49-27-9-10-28-50(49)62-60)45-26-15-19-39-18-4-5-22-43(39)45/h1-37H. The third-order valence-electron chi connectivity index (χ3n) is 13.4. The van der Waals surface area contributed by atoms with Crippen molar-refractivity contribution >= 4 is 87.2 Å². The van der Waals surface area contributed by atoms with Crippen molar-refractivity contribution in [3.05, 3.63) is 224 Å². The van der Waals surface area contributed by atoms with E-state index >= 15 is 0 Å². The molecule has 0 saturated carbocycles. The average molecular weight is 828 g/mol. The van der Waals surface area contributed by atoms with Crippen LogP contribution >= 0.6 is 0 Å². The number of hydrogen-bond donors (Lipinski definition) is 0. The van der Waals surface area contributed by atoms with Crippen LogP contribution in [-0.2, 0) is 0 Å². The Balaban J connectivity index is 1.02. The molecule has 0 aliphatic rings. The topological polar surface area (TPSA) is 40.6 Å². The molecule has 0 N–H and O–H groups in total. The molecule has 0 bridgehead atoms. The minimum absolute atomic E-state index is 0.809. The summed E-state index contributed by atoms with van der Waals surface area (Å²) in [6.45, 7) is 0. The zero-order chi connectivity index (χ0) is 42.6. The van der Waals surface area contributed by atoms with E-state index in [1.54, 1.807) is 0 Å². The van der Waals surface area contributed by atoms with Crippen molar-refractivity contribution in [2.45, 2.75) is 0 Å². The summed E-state index contributed by atoms with van der Waals surface area (Å²) in [6, 6.07) is 80.8. The van der Waals surface area contributed by atoms with E-state index in [2.05, 4.69) is 226 Å². The van der Waals surface area contributed by atoms with Gasteiger partial charge < -0.3 is 9.13 Å². The van der Waals surface area contributed by atoms with E-state index in [4.69, 9.17) is 9.97 Å². The molecular weight excluding hydrogens is 791 g/mol. The van der Waals surface area contributed by atoms with E-state index in [0.29, 0.717) is 0 Å². The summed E-state index contributed by atoms with van der Waals surface area (Å²) in [5, 5.41) is 9.59. The van der Waals surface area contributed by atoms with Gasteiger partial charge in [0.05, 0.1) is 44.1 Å². The lowest BCUT2D eigenvalue weighted by Crippen LogP contribution is -2.04. The fourth-order valence-electron chi connectivity index (χ4n) is 10.6. The Morgan fingerprint density at radius 1 is 0.292 bits per heavy atom. The number of para-hydroxylation sites is 5. The van der Waals surface area contributed by atoms with Gasteiger partial charge in [0.15, 0.2) is 5.82 Å². The van der Waals surface area contributed by atoms with Crippen LogP contribution in [0.3, 0.4) is 0 Å². The molecule has 0 saturated heterocycles. The highest BCUT2D eigenvalue weighted by molar-refractivity contribution is 6.29. The van der Waals surface area contributed by atoms with Gasteiger partial charge in [0.25, 0.3) is 0 Å². The highest BCUT2D eigenvalue weighted by atomic mass is 15.1. The van der Waals surface area contributed by atoms with E-state index in [9.17, 15) is 0 Å². The van der Waals surface area contributed by atoms with Crippen molar-refractivity contribution in [2.75, 3.05) is 0 Å². The largest absolute Gasteiger partial charge is 0.309 e. The highest BCUT2D eigenvalue weighted by Gasteiger charge is 2.24. The van der Waals surface area contributed by atoms with Gasteiger partial charge in [-0.3, -0.25) is 4.57 Å². The Bertz CT molecular complexity index is 4240. The smallest absolute Gasteiger partial charge is 0.165 e. The van der Waals surface area contributed by atoms with Crippen LogP contribution in [0.4, 0.5) is 0 Å². The normalized spacial score (nSPS) is 12.0. The van der Waals surface area contributed by atoms with E-state index in [1.165, 1.54) is 60.1 Å². The molecule has 0 aliphatic carbocycles. The van der Waals surface area contributed by atoms with Crippen molar-refractivity contribution in [3.8, 4) is 39.6 Å². The van der Waals surface area contributed by atoms with Crippen LogP contribution in [0.5, 0.6) is 0 Å². The van der Waals surface area contributed by atoms with E-state index in [1.807, 2.05) is 12.1 Å². The maximum atomic E-state index is 5.45. The second-order valence-electron chi connectivity index (χ2n) is 16.9. The molecule has 5 heteroatoms. The van der Waals surface area contributed by atoms with Crippen LogP contribution in [0, 0.1) is 0 Å². The SMILES string of the molecule is c1ccc(-c2cccc(-n3c4ccccc4c4c5c6ccccc6n(-c6ccc7c(c6)c6ccccc6n7-c6nc7ccccc7nc6-c6cccc7ccccc67)c5ccc43)c2)cc1. The fraction of sp³-hybridized carbons (Fsp3) is 0. The van der Waals surface area contributed by atoms with Crippen LogP contribution in [0.1, 0.15) is 0 Å². The first kappa shape index (κ1) is 35.8. The lowest BCUT2D eigenvalue weighted by atomic mass is 10.0. The molecular formula is C60H37N5. The second-order valence-corrected chi connectivity index (χ2v) is 16.9. The molecule has 5 nitrogen and oxygen atoms in total. The fourth-order valence-corrected chi connectivity index (χ4v) is 10.6. The van der Waals surface area contributed by atoms with Gasteiger partial charge in [-0.1, -0.05) is 152 Å². The highest BCUT2D eigenvalue weighted by Crippen LogP contribution is 2.44. The predicted molar refractivity (Wildman–Crippen MR) is 271 cm³/mol. The minimum atomic E-state index is 0.809. The number of aromatic nitrogens is 5. The monoisotopic (exact) mass is 827 g/mol. The zero-order valence-corrected chi connectivity index (χ0v) is 35.1. The molecule has 0 spiro atoms. The van der Waals surface area contributed by atoms with Crippen LogP contribution < -0.4 is 0 Å². The summed E-state index contributed by atoms with van der Waals surface area (Å²) in [6.07, 6.45) is 0. The van der Waals surface area contributed by atoms with Crippen molar-refractivity contribution in [2.24, 2.45) is 0 Å². The molecule has 0 aliphatic heterocycles. The van der Waals surface area contributed by atoms with E-state index in [0.717, 1.165) is 66.7 Å². The molecule has 14 aromatic rings. The Morgan fingerprint density at radius 3 is 1.52 bits per heavy atom. The summed E-state index contributed by atoms with van der Waals surface area (Å²) < 4.78 is 7.21. The lowest BCUT2D eigenvalue weighted by Gasteiger charge is -2.15. The molecule has 0 atom stereocenters. The molecule has 0 fully saturated rings. The summed E-state index contributed by atoms with van der Waals surface area (Å²) in [5.74, 6) is 0.809. The number of hydrogen-bond acceptors (Lipinski definition) is 2. The van der Waals surface area contributed by atoms with Gasteiger partial charge >= 0.3 is 0 Å². The minimum Gasteiger partial charge on any atom is -0.309 e. The third kappa shape index (κ3) is 5.27. The third-order valence-corrected chi connectivity index (χ3v) is 13.4. The van der Waals surface area contributed by atoms with Crippen molar-refractivity contribution in [1.82, 2.24) is 23.7 Å².